The summed E-state index contributed by atoms with van der Waals surface area (Å²) in [6, 6.07) is 19.0. The molecular weight excluding hydrogens is 402 g/mol. The highest BCUT2D eigenvalue weighted by Crippen LogP contribution is 2.29. The number of hydrogen-bond donors (Lipinski definition) is 1. The van der Waals surface area contributed by atoms with Crippen molar-refractivity contribution in [3.8, 4) is 22.8 Å². The van der Waals surface area contributed by atoms with Crippen LogP contribution in [-0.4, -0.2) is 25.7 Å². The minimum absolute atomic E-state index is 0.203. The van der Waals surface area contributed by atoms with Gasteiger partial charge < -0.3 is 9.73 Å². The van der Waals surface area contributed by atoms with Crippen LogP contribution in [0.15, 0.2) is 83.7 Å². The molecule has 7 heteroatoms. The molecule has 0 bridgehead atoms. The van der Waals surface area contributed by atoms with Crippen LogP contribution in [0.2, 0.25) is 0 Å². The van der Waals surface area contributed by atoms with Crippen molar-refractivity contribution in [2.24, 2.45) is 0 Å². The summed E-state index contributed by atoms with van der Waals surface area (Å²) < 4.78 is 7.82. The van der Waals surface area contributed by atoms with Crippen LogP contribution in [0, 0.1) is 0 Å². The van der Waals surface area contributed by atoms with Gasteiger partial charge in [-0.2, -0.15) is 5.10 Å². The number of carbonyl (C=O) groups is 1. The number of rotatable bonds is 5. The molecule has 5 aromatic rings. The number of anilines is 1. The van der Waals surface area contributed by atoms with Crippen LogP contribution in [0.1, 0.15) is 30.2 Å². The van der Waals surface area contributed by atoms with Crippen LogP contribution in [0.4, 0.5) is 5.69 Å². The number of pyridine rings is 1. The number of nitrogens with zero attached hydrogens (tertiary/aromatic N) is 4. The summed E-state index contributed by atoms with van der Waals surface area (Å²) >= 11 is 0. The normalized spacial score (nSPS) is 11.2. The Bertz CT molecular complexity index is 1400. The summed E-state index contributed by atoms with van der Waals surface area (Å²) in [5, 5.41) is 8.17. The number of amides is 1. The van der Waals surface area contributed by atoms with E-state index in [1.165, 1.54) is 0 Å². The van der Waals surface area contributed by atoms with Crippen molar-refractivity contribution < 1.29 is 9.21 Å². The van der Waals surface area contributed by atoms with Gasteiger partial charge in [0.05, 0.1) is 29.8 Å². The van der Waals surface area contributed by atoms with Crippen LogP contribution < -0.4 is 5.32 Å². The Morgan fingerprint density at radius 1 is 0.969 bits per heavy atom. The van der Waals surface area contributed by atoms with Crippen molar-refractivity contribution >= 4 is 22.6 Å². The molecule has 0 aliphatic carbocycles. The number of aromatic nitrogens is 4. The topological polar surface area (TPSA) is 85.8 Å². The second-order valence-corrected chi connectivity index (χ2v) is 7.72. The number of hydrogen-bond acceptors (Lipinski definition) is 5. The van der Waals surface area contributed by atoms with E-state index in [4.69, 9.17) is 4.42 Å². The van der Waals surface area contributed by atoms with Crippen molar-refractivity contribution in [3.05, 3.63) is 84.8 Å². The van der Waals surface area contributed by atoms with Gasteiger partial charge in [0.15, 0.2) is 11.4 Å². The molecule has 5 rings (SSSR count). The molecule has 3 heterocycles. The highest BCUT2D eigenvalue weighted by Gasteiger charge is 2.18. The average molecular weight is 423 g/mol. The van der Waals surface area contributed by atoms with E-state index in [9.17, 15) is 4.79 Å². The fourth-order valence-corrected chi connectivity index (χ4v) is 3.59. The predicted molar refractivity (Wildman–Crippen MR) is 123 cm³/mol. The number of fused-ring (bicyclic) bond motifs is 1. The molecule has 0 radical (unpaired) electrons. The first-order chi connectivity index (χ1) is 15.6. The van der Waals surface area contributed by atoms with E-state index in [-0.39, 0.29) is 11.9 Å². The van der Waals surface area contributed by atoms with E-state index >= 15 is 0 Å². The second-order valence-electron chi connectivity index (χ2n) is 7.72. The lowest BCUT2D eigenvalue weighted by molar-refractivity contribution is 0.102. The van der Waals surface area contributed by atoms with Crippen LogP contribution in [0.25, 0.3) is 33.8 Å². The zero-order valence-corrected chi connectivity index (χ0v) is 17.7. The van der Waals surface area contributed by atoms with Gasteiger partial charge in [0.1, 0.15) is 0 Å². The number of oxazole rings is 1. The Morgan fingerprint density at radius 2 is 1.75 bits per heavy atom. The highest BCUT2D eigenvalue weighted by molar-refractivity contribution is 6.08. The molecule has 0 saturated heterocycles. The third kappa shape index (κ3) is 3.65. The zero-order chi connectivity index (χ0) is 22.1. The lowest BCUT2D eigenvalue weighted by Crippen LogP contribution is -2.13. The third-order valence-electron chi connectivity index (χ3n) is 5.15. The van der Waals surface area contributed by atoms with Gasteiger partial charge in [-0.25, -0.2) is 14.6 Å². The standard InChI is InChI=1S/C25H21N5O2/c1-16(2)30-23-18(13-28-30)12-19(14-26-23)29-24(31)20-10-6-7-11-21(20)25-27-15-22(32-25)17-8-4-3-5-9-17/h3-16H,1-2H3,(H,29,31). The lowest BCUT2D eigenvalue weighted by atomic mass is 10.1. The van der Waals surface area contributed by atoms with E-state index in [1.54, 1.807) is 24.7 Å². The molecule has 158 valence electrons. The van der Waals surface area contributed by atoms with E-state index in [0.717, 1.165) is 16.6 Å². The maximum Gasteiger partial charge on any atom is 0.256 e. The van der Waals surface area contributed by atoms with Crippen LogP contribution in [-0.2, 0) is 0 Å². The molecule has 0 fully saturated rings. The summed E-state index contributed by atoms with van der Waals surface area (Å²) in [5.41, 5.74) is 3.39. The molecule has 0 spiro atoms. The Labute approximate surface area is 184 Å². The summed E-state index contributed by atoms with van der Waals surface area (Å²) in [4.78, 5) is 22.0. The molecule has 0 atom stereocenters. The van der Waals surface area contributed by atoms with E-state index in [1.807, 2.05) is 73.1 Å². The molecule has 0 aliphatic rings. The minimum atomic E-state index is -0.266. The molecule has 1 amide bonds. The first-order valence-electron chi connectivity index (χ1n) is 10.4. The molecule has 3 aromatic heterocycles. The van der Waals surface area contributed by atoms with Crippen LogP contribution in [0.3, 0.4) is 0 Å². The molecule has 32 heavy (non-hydrogen) atoms. The second kappa shape index (κ2) is 8.11. The van der Waals surface area contributed by atoms with Gasteiger partial charge in [-0.15, -0.1) is 0 Å². The summed E-state index contributed by atoms with van der Waals surface area (Å²) in [6.45, 7) is 4.10. The Balaban J connectivity index is 1.43. The Hall–Kier alpha value is -4.26. The fourth-order valence-electron chi connectivity index (χ4n) is 3.59. The Morgan fingerprint density at radius 3 is 2.56 bits per heavy atom. The van der Waals surface area contributed by atoms with Gasteiger partial charge in [-0.1, -0.05) is 42.5 Å². The maximum atomic E-state index is 13.1. The number of benzene rings is 2. The van der Waals surface area contributed by atoms with Crippen molar-refractivity contribution in [1.29, 1.82) is 0 Å². The van der Waals surface area contributed by atoms with Gasteiger partial charge >= 0.3 is 0 Å². The first kappa shape index (κ1) is 19.7. The van der Waals surface area contributed by atoms with E-state index < -0.39 is 0 Å². The molecule has 1 N–H and O–H groups in total. The molecule has 0 aliphatic heterocycles. The third-order valence-corrected chi connectivity index (χ3v) is 5.15. The van der Waals surface area contributed by atoms with Crippen molar-refractivity contribution in [1.82, 2.24) is 19.7 Å². The van der Waals surface area contributed by atoms with Crippen LogP contribution in [0.5, 0.6) is 0 Å². The zero-order valence-electron chi connectivity index (χ0n) is 17.7. The minimum Gasteiger partial charge on any atom is -0.436 e. The Kier molecular flexibility index (Phi) is 4.99. The molecule has 0 saturated carbocycles. The molecule has 2 aromatic carbocycles. The summed E-state index contributed by atoms with van der Waals surface area (Å²) in [6.07, 6.45) is 5.06. The van der Waals surface area contributed by atoms with Gasteiger partial charge in [0, 0.05) is 22.6 Å². The number of nitrogens with one attached hydrogen (secondary N) is 1. The molecule has 0 unspecified atom stereocenters. The smallest absolute Gasteiger partial charge is 0.256 e. The fraction of sp³-hybridized carbons (Fsp3) is 0.120. The quantitative estimate of drug-likeness (QED) is 0.398. The predicted octanol–water partition coefficient (Wildman–Crippen LogP) is 5.59. The monoisotopic (exact) mass is 423 g/mol. The van der Waals surface area contributed by atoms with Gasteiger partial charge in [0.25, 0.3) is 5.91 Å². The first-order valence-corrected chi connectivity index (χ1v) is 10.4. The van der Waals surface area contributed by atoms with E-state index in [0.29, 0.717) is 28.5 Å². The van der Waals surface area contributed by atoms with Crippen molar-refractivity contribution in [3.63, 3.8) is 0 Å². The van der Waals surface area contributed by atoms with Gasteiger partial charge in [0.2, 0.25) is 5.89 Å². The van der Waals surface area contributed by atoms with Crippen molar-refractivity contribution in [2.45, 2.75) is 19.9 Å². The van der Waals surface area contributed by atoms with Gasteiger partial charge in [-0.3, -0.25) is 4.79 Å². The SMILES string of the molecule is CC(C)n1ncc2cc(NC(=O)c3ccccc3-c3ncc(-c4ccccc4)o3)cnc21. The molecular formula is C25H21N5O2. The highest BCUT2D eigenvalue weighted by atomic mass is 16.4. The number of carbonyl (C=O) groups excluding carboxylic acids is 1. The van der Waals surface area contributed by atoms with Crippen LogP contribution >= 0.6 is 0 Å². The van der Waals surface area contributed by atoms with Gasteiger partial charge in [-0.05, 0) is 32.0 Å². The van der Waals surface area contributed by atoms with E-state index in [2.05, 4.69) is 20.4 Å². The summed E-state index contributed by atoms with van der Waals surface area (Å²) in [5.74, 6) is 0.770. The average Bonchev–Trinajstić information content (AvgIpc) is 3.47. The van der Waals surface area contributed by atoms with Crippen molar-refractivity contribution in [2.75, 3.05) is 5.32 Å². The largest absolute Gasteiger partial charge is 0.436 e. The lowest BCUT2D eigenvalue weighted by Gasteiger charge is -2.09. The summed E-state index contributed by atoms with van der Waals surface area (Å²) in [7, 11) is 0. The molecule has 7 nitrogen and oxygen atoms in total. The maximum absolute atomic E-state index is 13.1.